The Kier molecular flexibility index (Phi) is 3.91. The van der Waals surface area contributed by atoms with Crippen molar-refractivity contribution in [1.29, 1.82) is 5.26 Å². The molecule has 5 heteroatoms. The summed E-state index contributed by atoms with van der Waals surface area (Å²) in [4.78, 5) is 13.9. The molecular weight excluding hydrogens is 242 g/mol. The Labute approximate surface area is 112 Å². The van der Waals surface area contributed by atoms with Gasteiger partial charge in [0.1, 0.15) is 11.8 Å². The minimum absolute atomic E-state index is 0.101. The fraction of sp³-hybridized carbons (Fsp3) is 0.429. The Morgan fingerprint density at radius 1 is 1.58 bits per heavy atom. The van der Waals surface area contributed by atoms with E-state index < -0.39 is 6.04 Å². The highest BCUT2D eigenvalue weighted by atomic mass is 16.5. The highest BCUT2D eigenvalue weighted by molar-refractivity contribution is 5.87. The maximum atomic E-state index is 11.9. The van der Waals surface area contributed by atoms with E-state index in [2.05, 4.69) is 11.4 Å². The summed E-state index contributed by atoms with van der Waals surface area (Å²) in [5.74, 6) is 0.625. The predicted octanol–water partition coefficient (Wildman–Crippen LogP) is 1.22. The van der Waals surface area contributed by atoms with Gasteiger partial charge in [-0.25, -0.2) is 0 Å². The van der Waals surface area contributed by atoms with Gasteiger partial charge in [-0.2, -0.15) is 5.26 Å². The summed E-state index contributed by atoms with van der Waals surface area (Å²) in [5.41, 5.74) is 1.97. The van der Waals surface area contributed by atoms with E-state index in [4.69, 9.17) is 10.00 Å². The van der Waals surface area contributed by atoms with E-state index in [1.807, 2.05) is 30.0 Å². The van der Waals surface area contributed by atoms with Gasteiger partial charge in [0, 0.05) is 13.1 Å². The molecule has 0 spiro atoms. The smallest absolute Gasteiger partial charge is 0.243 e. The summed E-state index contributed by atoms with van der Waals surface area (Å²) < 4.78 is 5.36. The molecule has 100 valence electrons. The highest BCUT2D eigenvalue weighted by Crippen LogP contribution is 2.31. The van der Waals surface area contributed by atoms with Crippen LogP contribution >= 0.6 is 0 Å². The molecular formula is C14H17N3O2. The zero-order valence-electron chi connectivity index (χ0n) is 11.1. The number of methoxy groups -OCH3 is 1. The molecule has 1 aliphatic rings. The lowest BCUT2D eigenvalue weighted by Crippen LogP contribution is -2.55. The van der Waals surface area contributed by atoms with E-state index >= 15 is 0 Å². The monoisotopic (exact) mass is 259 g/mol. The second-order valence-corrected chi connectivity index (χ2v) is 4.54. The second-order valence-electron chi connectivity index (χ2n) is 4.54. The molecule has 1 aromatic carbocycles. The van der Waals surface area contributed by atoms with Gasteiger partial charge < -0.3 is 15.0 Å². The van der Waals surface area contributed by atoms with Crippen molar-refractivity contribution in [2.24, 2.45) is 0 Å². The summed E-state index contributed by atoms with van der Waals surface area (Å²) in [6.07, 6.45) is 0.170. The van der Waals surface area contributed by atoms with Gasteiger partial charge in [0.2, 0.25) is 5.91 Å². The van der Waals surface area contributed by atoms with Crippen molar-refractivity contribution >= 4 is 11.6 Å². The lowest BCUT2D eigenvalue weighted by atomic mass is 10.1. The number of carbonyl (C=O) groups excluding carboxylic acids is 1. The van der Waals surface area contributed by atoms with Gasteiger partial charge in [-0.15, -0.1) is 0 Å². The van der Waals surface area contributed by atoms with Gasteiger partial charge >= 0.3 is 0 Å². The number of anilines is 1. The van der Waals surface area contributed by atoms with Crippen LogP contribution < -0.4 is 15.0 Å². The summed E-state index contributed by atoms with van der Waals surface area (Å²) in [5, 5.41) is 11.7. The average molecular weight is 259 g/mol. The maximum absolute atomic E-state index is 11.9. The number of nitrogens with zero attached hydrogens (tertiary/aromatic N) is 2. The van der Waals surface area contributed by atoms with Crippen LogP contribution in [-0.4, -0.2) is 32.1 Å². The quantitative estimate of drug-likeness (QED) is 0.886. The van der Waals surface area contributed by atoms with Crippen molar-refractivity contribution in [2.75, 3.05) is 25.1 Å². The van der Waals surface area contributed by atoms with Gasteiger partial charge in [0.15, 0.2) is 0 Å². The first-order chi connectivity index (χ1) is 9.17. The molecule has 1 N–H and O–H groups in total. The minimum atomic E-state index is -0.450. The molecule has 2 rings (SSSR count). The summed E-state index contributed by atoms with van der Waals surface area (Å²) in [7, 11) is 1.61. The number of piperazine rings is 1. The van der Waals surface area contributed by atoms with Crippen LogP contribution in [0.3, 0.4) is 0 Å². The molecule has 0 aliphatic carbocycles. The molecule has 0 bridgehead atoms. The van der Waals surface area contributed by atoms with Crippen molar-refractivity contribution in [3.8, 4) is 11.8 Å². The van der Waals surface area contributed by atoms with E-state index in [0.29, 0.717) is 13.1 Å². The van der Waals surface area contributed by atoms with Crippen LogP contribution in [0.2, 0.25) is 0 Å². The van der Waals surface area contributed by atoms with Gasteiger partial charge in [0.05, 0.1) is 25.3 Å². The Morgan fingerprint density at radius 3 is 3.05 bits per heavy atom. The topological polar surface area (TPSA) is 65.4 Å². The third kappa shape index (κ3) is 2.63. The molecule has 1 fully saturated rings. The molecule has 5 nitrogen and oxygen atoms in total. The predicted molar refractivity (Wildman–Crippen MR) is 72.1 cm³/mol. The molecule has 1 saturated heterocycles. The molecule has 0 aromatic heterocycles. The largest absolute Gasteiger partial charge is 0.495 e. The molecule has 1 aromatic rings. The molecule has 1 unspecified atom stereocenters. The molecule has 1 heterocycles. The molecule has 1 amide bonds. The van der Waals surface area contributed by atoms with Gasteiger partial charge in [-0.3, -0.25) is 4.79 Å². The minimum Gasteiger partial charge on any atom is -0.495 e. The van der Waals surface area contributed by atoms with E-state index in [0.717, 1.165) is 17.0 Å². The number of nitrogens with one attached hydrogen (secondary N) is 1. The van der Waals surface area contributed by atoms with Crippen LogP contribution in [0.1, 0.15) is 12.0 Å². The number of ether oxygens (including phenoxy) is 1. The third-order valence-corrected chi connectivity index (χ3v) is 3.26. The van der Waals surface area contributed by atoms with Crippen LogP contribution in [0.15, 0.2) is 18.2 Å². The van der Waals surface area contributed by atoms with Crippen LogP contribution in [0.4, 0.5) is 5.69 Å². The third-order valence-electron chi connectivity index (χ3n) is 3.26. The number of amides is 1. The number of hydrogen-bond acceptors (Lipinski definition) is 4. The van der Waals surface area contributed by atoms with E-state index in [-0.39, 0.29) is 12.3 Å². The average Bonchev–Trinajstić information content (AvgIpc) is 2.41. The number of aryl methyl sites for hydroxylation is 1. The summed E-state index contributed by atoms with van der Waals surface area (Å²) >= 11 is 0. The lowest BCUT2D eigenvalue weighted by Gasteiger charge is -2.36. The SMILES string of the molecule is COc1ccc(C)cc1N1CCNC(=O)C1CC#N. The Balaban J connectivity index is 2.40. The Hall–Kier alpha value is -2.22. The van der Waals surface area contributed by atoms with Crippen LogP contribution in [0.25, 0.3) is 0 Å². The first-order valence-corrected chi connectivity index (χ1v) is 6.23. The number of carbonyl (C=O) groups is 1. The molecule has 19 heavy (non-hydrogen) atoms. The zero-order valence-corrected chi connectivity index (χ0v) is 11.1. The Bertz CT molecular complexity index is 522. The van der Waals surface area contributed by atoms with Crippen molar-refractivity contribution in [3.05, 3.63) is 23.8 Å². The van der Waals surface area contributed by atoms with Gasteiger partial charge in [-0.1, -0.05) is 6.07 Å². The standard InChI is InChI=1S/C14H17N3O2/c1-10-3-4-13(19-2)12(9-10)17-8-7-16-14(18)11(17)5-6-15/h3-4,9,11H,5,7-8H2,1-2H3,(H,16,18). The van der Waals surface area contributed by atoms with Crippen molar-refractivity contribution in [3.63, 3.8) is 0 Å². The van der Waals surface area contributed by atoms with E-state index in [9.17, 15) is 4.79 Å². The first kappa shape index (κ1) is 13.2. The van der Waals surface area contributed by atoms with Crippen LogP contribution in [0.5, 0.6) is 5.75 Å². The van der Waals surface area contributed by atoms with Crippen molar-refractivity contribution < 1.29 is 9.53 Å². The lowest BCUT2D eigenvalue weighted by molar-refractivity contribution is -0.123. The van der Waals surface area contributed by atoms with Crippen LogP contribution in [0, 0.1) is 18.3 Å². The second kappa shape index (κ2) is 5.61. The number of hydrogen-bond donors (Lipinski definition) is 1. The summed E-state index contributed by atoms with van der Waals surface area (Å²) in [6.45, 7) is 3.25. The zero-order chi connectivity index (χ0) is 13.8. The number of benzene rings is 1. The summed E-state index contributed by atoms with van der Waals surface area (Å²) in [6, 6.07) is 7.47. The van der Waals surface area contributed by atoms with Gasteiger partial charge in [0.25, 0.3) is 0 Å². The molecule has 1 atom stereocenters. The van der Waals surface area contributed by atoms with Crippen LogP contribution in [-0.2, 0) is 4.79 Å². The first-order valence-electron chi connectivity index (χ1n) is 6.23. The van der Waals surface area contributed by atoms with Gasteiger partial charge in [-0.05, 0) is 24.6 Å². The number of nitriles is 1. The van der Waals surface area contributed by atoms with E-state index in [1.165, 1.54) is 0 Å². The Morgan fingerprint density at radius 2 is 2.37 bits per heavy atom. The molecule has 0 saturated carbocycles. The number of rotatable bonds is 3. The van der Waals surface area contributed by atoms with Crippen molar-refractivity contribution in [1.82, 2.24) is 5.32 Å². The normalized spacial score (nSPS) is 18.7. The molecule has 1 aliphatic heterocycles. The highest BCUT2D eigenvalue weighted by Gasteiger charge is 2.31. The fourth-order valence-corrected chi connectivity index (χ4v) is 2.32. The maximum Gasteiger partial charge on any atom is 0.243 e. The fourth-order valence-electron chi connectivity index (χ4n) is 2.32. The van der Waals surface area contributed by atoms with Crippen molar-refractivity contribution in [2.45, 2.75) is 19.4 Å². The molecule has 0 radical (unpaired) electrons. The van der Waals surface area contributed by atoms with E-state index in [1.54, 1.807) is 7.11 Å².